The van der Waals surface area contributed by atoms with Crippen LogP contribution in [0.2, 0.25) is 0 Å². The Morgan fingerprint density at radius 3 is 2.35 bits per heavy atom. The van der Waals surface area contributed by atoms with Crippen LogP contribution in [0.25, 0.3) is 0 Å². The number of methoxy groups -OCH3 is 2. The molecule has 1 aromatic rings. The lowest BCUT2D eigenvalue weighted by Gasteiger charge is -2.15. The van der Waals surface area contributed by atoms with E-state index in [9.17, 15) is 14.4 Å². The van der Waals surface area contributed by atoms with Crippen molar-refractivity contribution in [3.05, 3.63) is 30.4 Å². The first kappa shape index (κ1) is 18.0. The summed E-state index contributed by atoms with van der Waals surface area (Å²) in [6.07, 6.45) is 5.11. The number of carbonyl (C=O) groups excluding carboxylic acids is 3. The summed E-state index contributed by atoms with van der Waals surface area (Å²) in [4.78, 5) is 38.3. The molecule has 1 aliphatic carbocycles. The topological polar surface area (TPSA) is 84.9 Å². The summed E-state index contributed by atoms with van der Waals surface area (Å²) < 4.78 is 10.4. The molecule has 1 aliphatic heterocycles. The Bertz CT molecular complexity index is 732. The largest absolute Gasteiger partial charge is 0.497 e. The highest BCUT2D eigenvalue weighted by molar-refractivity contribution is 6.06. The highest BCUT2D eigenvalue weighted by atomic mass is 16.5. The van der Waals surface area contributed by atoms with Gasteiger partial charge >= 0.3 is 0 Å². The van der Waals surface area contributed by atoms with Crippen molar-refractivity contribution in [1.29, 1.82) is 0 Å². The van der Waals surface area contributed by atoms with Crippen LogP contribution in [-0.4, -0.2) is 43.4 Å². The molecule has 1 fully saturated rings. The average Bonchev–Trinajstić information content (AvgIpc) is 2.91. The normalized spacial score (nSPS) is 21.5. The number of imide groups is 1. The third-order valence-electron chi connectivity index (χ3n) is 4.84. The number of nitrogens with zero attached hydrogens (tertiary/aromatic N) is 1. The maximum absolute atomic E-state index is 12.4. The van der Waals surface area contributed by atoms with Gasteiger partial charge in [0.05, 0.1) is 31.7 Å². The van der Waals surface area contributed by atoms with Gasteiger partial charge in [0.2, 0.25) is 17.7 Å². The number of rotatable bonds is 6. The molecule has 1 saturated heterocycles. The number of amides is 3. The fourth-order valence-electron chi connectivity index (χ4n) is 3.43. The van der Waals surface area contributed by atoms with Crippen LogP contribution in [0.3, 0.4) is 0 Å². The Hall–Kier alpha value is -2.83. The predicted molar refractivity (Wildman–Crippen MR) is 94.9 cm³/mol. The van der Waals surface area contributed by atoms with Gasteiger partial charge in [-0.25, -0.2) is 0 Å². The zero-order chi connectivity index (χ0) is 18.7. The van der Waals surface area contributed by atoms with E-state index in [-0.39, 0.29) is 42.5 Å². The Morgan fingerprint density at radius 2 is 1.77 bits per heavy atom. The lowest BCUT2D eigenvalue weighted by atomic mass is 9.85. The summed E-state index contributed by atoms with van der Waals surface area (Å²) in [5, 5.41) is 2.75. The first-order valence-electron chi connectivity index (χ1n) is 8.57. The van der Waals surface area contributed by atoms with Gasteiger partial charge in [0.1, 0.15) is 11.5 Å². The van der Waals surface area contributed by atoms with Gasteiger partial charge in [-0.05, 0) is 25.0 Å². The van der Waals surface area contributed by atoms with E-state index in [1.165, 1.54) is 19.1 Å². The maximum Gasteiger partial charge on any atom is 0.233 e. The van der Waals surface area contributed by atoms with Crippen LogP contribution in [0.4, 0.5) is 5.69 Å². The zero-order valence-corrected chi connectivity index (χ0v) is 14.9. The fraction of sp³-hybridized carbons (Fsp3) is 0.421. The second-order valence-corrected chi connectivity index (χ2v) is 6.35. The molecule has 0 saturated carbocycles. The standard InChI is InChI=1S/C19H22N2O5/c1-25-12-7-8-16(26-2)15(11-12)20-17(22)9-10-21-18(23)13-5-3-4-6-14(13)19(21)24/h3-4,7-8,11,13-14H,5-6,9-10H2,1-2H3,(H,20,22)/t13-,14-/m0/s1. The predicted octanol–water partition coefficient (Wildman–Crippen LogP) is 1.98. The van der Waals surface area contributed by atoms with E-state index in [0.717, 1.165) is 0 Å². The second kappa shape index (κ2) is 7.59. The monoisotopic (exact) mass is 358 g/mol. The molecule has 1 heterocycles. The van der Waals surface area contributed by atoms with Crippen molar-refractivity contribution in [3.63, 3.8) is 0 Å². The molecule has 0 spiro atoms. The minimum absolute atomic E-state index is 0.0325. The molecule has 2 atom stereocenters. The molecule has 0 aromatic heterocycles. The van der Waals surface area contributed by atoms with Crippen LogP contribution in [-0.2, 0) is 14.4 Å². The molecule has 138 valence electrons. The second-order valence-electron chi connectivity index (χ2n) is 6.35. The number of hydrogen-bond donors (Lipinski definition) is 1. The van der Waals surface area contributed by atoms with Crippen LogP contribution in [0.1, 0.15) is 19.3 Å². The number of likely N-dealkylation sites (tertiary alicyclic amines) is 1. The van der Waals surface area contributed by atoms with E-state index in [0.29, 0.717) is 30.0 Å². The van der Waals surface area contributed by atoms with Crippen LogP contribution in [0.15, 0.2) is 30.4 Å². The SMILES string of the molecule is COc1ccc(OC)c(NC(=O)CCN2C(=O)[C@H]3CC=CC[C@@H]3C2=O)c1. The Kier molecular flexibility index (Phi) is 5.25. The molecule has 0 bridgehead atoms. The number of allylic oxidation sites excluding steroid dienone is 2. The zero-order valence-electron chi connectivity index (χ0n) is 14.9. The summed E-state index contributed by atoms with van der Waals surface area (Å²) in [6.45, 7) is 0.0861. The van der Waals surface area contributed by atoms with Crippen molar-refractivity contribution < 1.29 is 23.9 Å². The van der Waals surface area contributed by atoms with E-state index >= 15 is 0 Å². The maximum atomic E-state index is 12.4. The summed E-state index contributed by atoms with van der Waals surface area (Å²) in [6, 6.07) is 5.08. The molecule has 0 radical (unpaired) electrons. The van der Waals surface area contributed by atoms with E-state index in [1.54, 1.807) is 18.2 Å². The van der Waals surface area contributed by atoms with Crippen LogP contribution in [0, 0.1) is 11.8 Å². The molecule has 7 nitrogen and oxygen atoms in total. The van der Waals surface area contributed by atoms with E-state index in [1.807, 2.05) is 12.2 Å². The molecular weight excluding hydrogens is 336 g/mol. The minimum atomic E-state index is -0.301. The summed E-state index contributed by atoms with van der Waals surface area (Å²) in [7, 11) is 3.04. The third kappa shape index (κ3) is 3.42. The van der Waals surface area contributed by atoms with Crippen molar-refractivity contribution in [1.82, 2.24) is 4.90 Å². The lowest BCUT2D eigenvalue weighted by Crippen LogP contribution is -2.34. The molecule has 1 aromatic carbocycles. The number of benzene rings is 1. The summed E-state index contributed by atoms with van der Waals surface area (Å²) in [5.74, 6) is -0.0902. The Labute approximate surface area is 151 Å². The number of carbonyl (C=O) groups is 3. The lowest BCUT2D eigenvalue weighted by molar-refractivity contribution is -0.140. The molecule has 2 aliphatic rings. The highest BCUT2D eigenvalue weighted by Crippen LogP contribution is 2.35. The fourth-order valence-corrected chi connectivity index (χ4v) is 3.43. The van der Waals surface area contributed by atoms with Crippen LogP contribution >= 0.6 is 0 Å². The number of ether oxygens (including phenoxy) is 2. The van der Waals surface area contributed by atoms with Gasteiger partial charge < -0.3 is 14.8 Å². The van der Waals surface area contributed by atoms with Gasteiger partial charge in [-0.3, -0.25) is 19.3 Å². The Morgan fingerprint density at radius 1 is 1.12 bits per heavy atom. The van der Waals surface area contributed by atoms with Gasteiger partial charge in [-0.2, -0.15) is 0 Å². The molecule has 1 N–H and O–H groups in total. The number of hydrogen-bond acceptors (Lipinski definition) is 5. The van der Waals surface area contributed by atoms with E-state index in [2.05, 4.69) is 5.32 Å². The van der Waals surface area contributed by atoms with Crippen molar-refractivity contribution >= 4 is 23.4 Å². The molecule has 3 amide bonds. The molecule has 26 heavy (non-hydrogen) atoms. The number of nitrogens with one attached hydrogen (secondary N) is 1. The van der Waals surface area contributed by atoms with Gasteiger partial charge in [0.25, 0.3) is 0 Å². The van der Waals surface area contributed by atoms with Crippen molar-refractivity contribution in [2.45, 2.75) is 19.3 Å². The first-order chi connectivity index (χ1) is 12.5. The molecule has 7 heteroatoms. The van der Waals surface area contributed by atoms with E-state index < -0.39 is 0 Å². The van der Waals surface area contributed by atoms with Gasteiger partial charge in [-0.1, -0.05) is 12.2 Å². The molecular formula is C19H22N2O5. The quantitative estimate of drug-likeness (QED) is 0.621. The van der Waals surface area contributed by atoms with Crippen LogP contribution < -0.4 is 14.8 Å². The van der Waals surface area contributed by atoms with Crippen molar-refractivity contribution in [3.8, 4) is 11.5 Å². The van der Waals surface area contributed by atoms with Crippen LogP contribution in [0.5, 0.6) is 11.5 Å². The Balaban J connectivity index is 1.61. The van der Waals surface area contributed by atoms with Gasteiger partial charge in [-0.15, -0.1) is 0 Å². The van der Waals surface area contributed by atoms with Crippen molar-refractivity contribution in [2.24, 2.45) is 11.8 Å². The smallest absolute Gasteiger partial charge is 0.233 e. The molecule has 0 unspecified atom stereocenters. The minimum Gasteiger partial charge on any atom is -0.497 e. The summed E-state index contributed by atoms with van der Waals surface area (Å²) >= 11 is 0. The van der Waals surface area contributed by atoms with E-state index in [4.69, 9.17) is 9.47 Å². The average molecular weight is 358 g/mol. The number of anilines is 1. The van der Waals surface area contributed by atoms with Crippen molar-refractivity contribution in [2.75, 3.05) is 26.1 Å². The summed E-state index contributed by atoms with van der Waals surface area (Å²) in [5.41, 5.74) is 0.480. The first-order valence-corrected chi connectivity index (χ1v) is 8.57. The molecule has 3 rings (SSSR count). The highest BCUT2D eigenvalue weighted by Gasteiger charge is 2.46. The van der Waals surface area contributed by atoms with Gasteiger partial charge in [0.15, 0.2) is 0 Å². The number of fused-ring (bicyclic) bond motifs is 1. The third-order valence-corrected chi connectivity index (χ3v) is 4.84. The van der Waals surface area contributed by atoms with Gasteiger partial charge in [0, 0.05) is 19.0 Å².